The lowest BCUT2D eigenvalue weighted by atomic mass is 9.98. The molecule has 0 bridgehead atoms. The summed E-state index contributed by atoms with van der Waals surface area (Å²) in [5.74, 6) is -2.39. The normalized spacial score (nSPS) is 15.1. The van der Waals surface area contributed by atoms with Gasteiger partial charge in [-0.15, -0.1) is 0 Å². The second kappa shape index (κ2) is 9.66. The molecule has 15 heteroatoms. The van der Waals surface area contributed by atoms with Crippen LogP contribution in [0.25, 0.3) is 28.2 Å². The van der Waals surface area contributed by atoms with E-state index in [9.17, 15) is 31.1 Å². The number of benzene rings is 1. The summed E-state index contributed by atoms with van der Waals surface area (Å²) in [6.45, 7) is 1.14. The van der Waals surface area contributed by atoms with E-state index in [0.29, 0.717) is 34.0 Å². The molecule has 1 aliphatic heterocycles. The molecule has 1 aromatic carbocycles. The van der Waals surface area contributed by atoms with Crippen LogP contribution in [0.15, 0.2) is 48.7 Å². The first kappa shape index (κ1) is 27.2. The standard InChI is InChI=1S/C25H20F6N6O3/c1-13-20(15-8-17(24(26,27)28)21(32)33-9-15)37-19(34-13)7-6-18(36-37)14-2-4-16(5-3-14)40-12-23(10-39-11-23)35-22(38)25(29,30)31/h2-9H,10-12H2,1H3,(H2,32,33)(H,35,38). The summed E-state index contributed by atoms with van der Waals surface area (Å²) in [5.41, 5.74) is 5.41. The van der Waals surface area contributed by atoms with Gasteiger partial charge in [0.25, 0.3) is 0 Å². The van der Waals surface area contributed by atoms with Crippen LogP contribution in [0.1, 0.15) is 11.3 Å². The van der Waals surface area contributed by atoms with Gasteiger partial charge in [-0.2, -0.15) is 31.4 Å². The smallest absolute Gasteiger partial charge is 0.471 e. The van der Waals surface area contributed by atoms with Crippen molar-refractivity contribution >= 4 is 17.4 Å². The number of anilines is 1. The van der Waals surface area contributed by atoms with Crippen molar-refractivity contribution in [2.24, 2.45) is 0 Å². The Morgan fingerprint density at radius 3 is 2.40 bits per heavy atom. The largest absolute Gasteiger partial charge is 0.491 e. The van der Waals surface area contributed by atoms with Crippen LogP contribution in [-0.2, 0) is 15.7 Å². The number of nitrogens with zero attached hydrogens (tertiary/aromatic N) is 4. The zero-order valence-electron chi connectivity index (χ0n) is 20.6. The monoisotopic (exact) mass is 566 g/mol. The quantitative estimate of drug-likeness (QED) is 0.336. The second-order valence-electron chi connectivity index (χ2n) is 9.23. The molecule has 4 aromatic rings. The van der Waals surface area contributed by atoms with Gasteiger partial charge < -0.3 is 20.5 Å². The molecule has 1 saturated heterocycles. The van der Waals surface area contributed by atoms with Gasteiger partial charge in [-0.25, -0.2) is 14.5 Å². The first-order valence-corrected chi connectivity index (χ1v) is 11.7. The Balaban J connectivity index is 1.38. The topological polar surface area (TPSA) is 117 Å². The Kier molecular flexibility index (Phi) is 6.56. The number of hydrogen-bond acceptors (Lipinski definition) is 7. The zero-order valence-corrected chi connectivity index (χ0v) is 20.6. The Morgan fingerprint density at radius 2 is 1.80 bits per heavy atom. The molecule has 0 aliphatic carbocycles. The number of amides is 1. The van der Waals surface area contributed by atoms with Crippen molar-refractivity contribution in [2.75, 3.05) is 25.6 Å². The minimum Gasteiger partial charge on any atom is -0.491 e. The molecule has 0 unspecified atom stereocenters. The third-order valence-electron chi connectivity index (χ3n) is 6.21. The van der Waals surface area contributed by atoms with Gasteiger partial charge in [-0.1, -0.05) is 0 Å². The predicted octanol–water partition coefficient (Wildman–Crippen LogP) is 4.19. The fourth-order valence-corrected chi connectivity index (χ4v) is 4.16. The van der Waals surface area contributed by atoms with Gasteiger partial charge in [0.05, 0.1) is 35.9 Å². The first-order chi connectivity index (χ1) is 18.8. The van der Waals surface area contributed by atoms with E-state index in [1.807, 2.05) is 5.32 Å². The summed E-state index contributed by atoms with van der Waals surface area (Å²) in [4.78, 5) is 19.4. The lowest BCUT2D eigenvalue weighted by molar-refractivity contribution is -0.183. The second-order valence-corrected chi connectivity index (χ2v) is 9.23. The van der Waals surface area contributed by atoms with E-state index < -0.39 is 35.2 Å². The van der Waals surface area contributed by atoms with Crippen LogP contribution in [0.4, 0.5) is 32.2 Å². The highest BCUT2D eigenvalue weighted by Gasteiger charge is 2.48. The fraction of sp³-hybridized carbons (Fsp3) is 0.280. The van der Waals surface area contributed by atoms with Crippen LogP contribution in [0, 0.1) is 6.92 Å². The molecule has 210 valence electrons. The number of carbonyl (C=O) groups excluding carboxylic acids is 1. The molecule has 5 rings (SSSR count). The molecular weight excluding hydrogens is 546 g/mol. The number of aryl methyl sites for hydroxylation is 1. The van der Waals surface area contributed by atoms with Gasteiger partial charge in [0.15, 0.2) is 5.65 Å². The summed E-state index contributed by atoms with van der Waals surface area (Å²) < 4.78 is 90.2. The molecule has 9 nitrogen and oxygen atoms in total. The number of hydrogen-bond donors (Lipinski definition) is 2. The lowest BCUT2D eigenvalue weighted by Crippen LogP contribution is -2.67. The van der Waals surface area contributed by atoms with Crippen LogP contribution in [-0.4, -0.2) is 57.0 Å². The van der Waals surface area contributed by atoms with Gasteiger partial charge in [0.1, 0.15) is 23.7 Å². The molecule has 3 aromatic heterocycles. The molecule has 0 radical (unpaired) electrons. The summed E-state index contributed by atoms with van der Waals surface area (Å²) in [6.07, 6.45) is -8.51. The van der Waals surface area contributed by atoms with Crippen molar-refractivity contribution < 1.29 is 40.6 Å². The van der Waals surface area contributed by atoms with Crippen molar-refractivity contribution in [3.63, 3.8) is 0 Å². The van der Waals surface area contributed by atoms with Crippen molar-refractivity contribution in [3.05, 3.63) is 59.9 Å². The van der Waals surface area contributed by atoms with Crippen molar-refractivity contribution in [2.45, 2.75) is 24.8 Å². The summed E-state index contributed by atoms with van der Waals surface area (Å²) in [7, 11) is 0. The van der Waals surface area contributed by atoms with Crippen molar-refractivity contribution in [1.29, 1.82) is 0 Å². The van der Waals surface area contributed by atoms with Crippen LogP contribution in [0.3, 0.4) is 0 Å². The number of alkyl halides is 6. The molecule has 3 N–H and O–H groups in total. The number of rotatable bonds is 6. The molecule has 40 heavy (non-hydrogen) atoms. The predicted molar refractivity (Wildman–Crippen MR) is 129 cm³/mol. The van der Waals surface area contributed by atoms with Gasteiger partial charge in [0.2, 0.25) is 0 Å². The maximum Gasteiger partial charge on any atom is 0.471 e. The fourth-order valence-electron chi connectivity index (χ4n) is 4.16. The highest BCUT2D eigenvalue weighted by Crippen LogP contribution is 2.36. The van der Waals surface area contributed by atoms with Gasteiger partial charge in [-0.3, -0.25) is 4.79 Å². The van der Waals surface area contributed by atoms with E-state index in [2.05, 4.69) is 15.1 Å². The molecule has 0 spiro atoms. The number of nitrogens with two attached hydrogens (primary N) is 1. The van der Waals surface area contributed by atoms with E-state index in [1.54, 1.807) is 43.3 Å². The SMILES string of the molecule is Cc1nc2ccc(-c3ccc(OCC4(NC(=O)C(F)(F)F)COC4)cc3)nn2c1-c1cnc(N)c(C(F)(F)F)c1. The molecule has 1 aliphatic rings. The van der Waals surface area contributed by atoms with E-state index in [4.69, 9.17) is 15.2 Å². The number of fused-ring (bicyclic) bond motifs is 1. The summed E-state index contributed by atoms with van der Waals surface area (Å²) >= 11 is 0. The van der Waals surface area contributed by atoms with Crippen LogP contribution in [0.5, 0.6) is 5.75 Å². The summed E-state index contributed by atoms with van der Waals surface area (Å²) in [5, 5.41) is 6.48. The van der Waals surface area contributed by atoms with Crippen LogP contribution < -0.4 is 15.8 Å². The maximum absolute atomic E-state index is 13.4. The minimum atomic E-state index is -5.03. The number of nitrogen functional groups attached to an aromatic ring is 1. The molecule has 1 fully saturated rings. The highest BCUT2D eigenvalue weighted by atomic mass is 19.4. The maximum atomic E-state index is 13.4. The molecular formula is C25H20F6N6O3. The molecule has 0 saturated carbocycles. The Labute approximate surface area is 221 Å². The number of nitrogens with one attached hydrogen (secondary N) is 1. The van der Waals surface area contributed by atoms with E-state index >= 15 is 0 Å². The zero-order chi connectivity index (χ0) is 28.9. The Hall–Kier alpha value is -4.40. The van der Waals surface area contributed by atoms with Crippen molar-refractivity contribution in [3.8, 4) is 28.3 Å². The van der Waals surface area contributed by atoms with E-state index in [1.165, 1.54) is 10.7 Å². The average molecular weight is 566 g/mol. The van der Waals surface area contributed by atoms with Crippen molar-refractivity contribution in [1.82, 2.24) is 24.9 Å². The molecule has 1 amide bonds. The average Bonchev–Trinajstić information content (AvgIpc) is 3.19. The summed E-state index contributed by atoms with van der Waals surface area (Å²) in [6, 6.07) is 10.7. The van der Waals surface area contributed by atoms with Crippen LogP contribution in [0.2, 0.25) is 0 Å². The van der Waals surface area contributed by atoms with Gasteiger partial charge in [-0.05, 0) is 49.4 Å². The third-order valence-corrected chi connectivity index (χ3v) is 6.21. The number of carbonyl (C=O) groups is 1. The third kappa shape index (κ3) is 5.23. The van der Waals surface area contributed by atoms with E-state index in [-0.39, 0.29) is 25.4 Å². The molecule has 0 atom stereocenters. The number of ether oxygens (including phenoxy) is 2. The van der Waals surface area contributed by atoms with Gasteiger partial charge >= 0.3 is 18.3 Å². The number of aromatic nitrogens is 4. The number of halogens is 6. The molecule has 4 heterocycles. The minimum absolute atomic E-state index is 0.127. The van der Waals surface area contributed by atoms with E-state index in [0.717, 1.165) is 6.07 Å². The Morgan fingerprint density at radius 1 is 1.10 bits per heavy atom. The number of imidazole rings is 1. The number of pyridine rings is 1. The lowest BCUT2D eigenvalue weighted by Gasteiger charge is -2.41. The highest BCUT2D eigenvalue weighted by molar-refractivity contribution is 5.82. The van der Waals surface area contributed by atoms with Gasteiger partial charge in [0, 0.05) is 17.3 Å². The first-order valence-electron chi connectivity index (χ1n) is 11.7. The Bertz CT molecular complexity index is 1580. The van der Waals surface area contributed by atoms with Crippen LogP contribution >= 0.6 is 0 Å².